The maximum atomic E-state index is 12.0. The topological polar surface area (TPSA) is 63.7 Å². The molecule has 0 unspecified atom stereocenters. The lowest BCUT2D eigenvalue weighted by molar-refractivity contribution is -0.119. The summed E-state index contributed by atoms with van der Waals surface area (Å²) in [5, 5.41) is 0. The quantitative estimate of drug-likeness (QED) is 0.472. The van der Waals surface area contributed by atoms with E-state index in [9.17, 15) is 14.4 Å². The van der Waals surface area contributed by atoms with Crippen molar-refractivity contribution >= 4 is 39.4 Å². The van der Waals surface area contributed by atoms with Gasteiger partial charge in [0.15, 0.2) is 0 Å². The van der Waals surface area contributed by atoms with E-state index in [4.69, 9.17) is 4.74 Å². The third kappa shape index (κ3) is 3.22. The van der Waals surface area contributed by atoms with Gasteiger partial charge in [0.05, 0.1) is 11.3 Å². The van der Waals surface area contributed by atoms with Crippen LogP contribution in [-0.4, -0.2) is 17.8 Å². The summed E-state index contributed by atoms with van der Waals surface area (Å²) in [4.78, 5) is 36.2. The third-order valence-corrected chi connectivity index (χ3v) is 3.72. The second kappa shape index (κ2) is 6.18. The van der Waals surface area contributed by atoms with Crippen LogP contribution in [0.4, 0.5) is 5.69 Å². The Bertz CT molecular complexity index is 791. The van der Waals surface area contributed by atoms with E-state index >= 15 is 0 Å². The summed E-state index contributed by atoms with van der Waals surface area (Å²) < 4.78 is 6.12. The van der Waals surface area contributed by atoms with Gasteiger partial charge in [-0.2, -0.15) is 0 Å². The average molecular weight is 372 g/mol. The maximum absolute atomic E-state index is 12.0. The molecule has 1 heterocycles. The molecule has 0 N–H and O–H groups in total. The van der Waals surface area contributed by atoms with Crippen LogP contribution in [0.25, 0.3) is 0 Å². The zero-order valence-corrected chi connectivity index (χ0v) is 13.3. The van der Waals surface area contributed by atoms with Crippen molar-refractivity contribution in [1.82, 2.24) is 0 Å². The van der Waals surface area contributed by atoms with Crippen LogP contribution < -0.4 is 9.64 Å². The van der Waals surface area contributed by atoms with Gasteiger partial charge in [0.1, 0.15) is 5.75 Å². The predicted octanol–water partition coefficient (Wildman–Crippen LogP) is 3.10. The van der Waals surface area contributed by atoms with Crippen LogP contribution in [0.15, 0.2) is 65.2 Å². The smallest absolute Gasteiger partial charge is 0.343 e. The first kappa shape index (κ1) is 15.2. The van der Waals surface area contributed by atoms with E-state index in [2.05, 4.69) is 15.9 Å². The molecule has 0 aliphatic carbocycles. The van der Waals surface area contributed by atoms with Crippen molar-refractivity contribution in [2.75, 3.05) is 4.90 Å². The summed E-state index contributed by atoms with van der Waals surface area (Å²) in [6, 6.07) is 13.0. The zero-order chi connectivity index (χ0) is 16.4. The highest BCUT2D eigenvalue weighted by Crippen LogP contribution is 2.23. The Hall–Kier alpha value is -2.73. The largest absolute Gasteiger partial charge is 0.423 e. The molecule has 0 atom stereocenters. The first-order chi connectivity index (χ1) is 11.0. The minimum absolute atomic E-state index is 0.328. The Labute approximate surface area is 140 Å². The van der Waals surface area contributed by atoms with Crippen LogP contribution in [0.3, 0.4) is 0 Å². The van der Waals surface area contributed by atoms with Crippen molar-refractivity contribution < 1.29 is 19.1 Å². The lowest BCUT2D eigenvalue weighted by Gasteiger charge is -2.14. The second-order valence-electron chi connectivity index (χ2n) is 4.74. The molecule has 0 saturated heterocycles. The maximum Gasteiger partial charge on any atom is 0.343 e. The van der Waals surface area contributed by atoms with E-state index in [1.807, 2.05) is 0 Å². The first-order valence-corrected chi connectivity index (χ1v) is 7.48. The Kier molecular flexibility index (Phi) is 4.08. The Morgan fingerprint density at radius 3 is 2.00 bits per heavy atom. The monoisotopic (exact) mass is 371 g/mol. The normalized spacial score (nSPS) is 13.5. The third-order valence-electron chi connectivity index (χ3n) is 3.19. The van der Waals surface area contributed by atoms with Crippen molar-refractivity contribution in [2.45, 2.75) is 0 Å². The number of amides is 2. The molecule has 0 saturated carbocycles. The molecule has 1 aliphatic heterocycles. The Morgan fingerprint density at radius 1 is 0.870 bits per heavy atom. The number of carbonyl (C=O) groups excluding carboxylic acids is 3. The van der Waals surface area contributed by atoms with Gasteiger partial charge < -0.3 is 4.74 Å². The molecule has 0 fully saturated rings. The SMILES string of the molecule is O=C(Oc1ccc(N2C(=O)C=CC2=O)cc1)c1ccc(Br)cc1. The molecule has 3 rings (SSSR count). The fourth-order valence-electron chi connectivity index (χ4n) is 2.07. The van der Waals surface area contributed by atoms with Gasteiger partial charge in [0.25, 0.3) is 11.8 Å². The van der Waals surface area contributed by atoms with Gasteiger partial charge in [-0.25, -0.2) is 9.69 Å². The molecule has 0 radical (unpaired) electrons. The molecular formula is C17H10BrNO4. The minimum Gasteiger partial charge on any atom is -0.423 e. The molecule has 6 heteroatoms. The fourth-order valence-corrected chi connectivity index (χ4v) is 2.33. The van der Waals surface area contributed by atoms with Crippen molar-refractivity contribution in [3.8, 4) is 5.75 Å². The number of hydrogen-bond acceptors (Lipinski definition) is 4. The molecule has 23 heavy (non-hydrogen) atoms. The first-order valence-electron chi connectivity index (χ1n) is 6.68. The lowest BCUT2D eigenvalue weighted by atomic mass is 10.2. The highest BCUT2D eigenvalue weighted by Gasteiger charge is 2.24. The van der Waals surface area contributed by atoms with Gasteiger partial charge in [0, 0.05) is 16.6 Å². The van der Waals surface area contributed by atoms with E-state index < -0.39 is 17.8 Å². The molecule has 0 aromatic heterocycles. The number of benzene rings is 2. The molecule has 0 bridgehead atoms. The van der Waals surface area contributed by atoms with Crippen LogP contribution in [-0.2, 0) is 9.59 Å². The van der Waals surface area contributed by atoms with Crippen molar-refractivity contribution in [1.29, 1.82) is 0 Å². The number of nitrogens with zero attached hydrogens (tertiary/aromatic N) is 1. The van der Waals surface area contributed by atoms with Crippen molar-refractivity contribution in [2.24, 2.45) is 0 Å². The fraction of sp³-hybridized carbons (Fsp3) is 0. The number of ether oxygens (including phenoxy) is 1. The van der Waals surface area contributed by atoms with Gasteiger partial charge in [0.2, 0.25) is 0 Å². The van der Waals surface area contributed by atoms with E-state index in [-0.39, 0.29) is 0 Å². The Morgan fingerprint density at radius 2 is 1.43 bits per heavy atom. The number of imide groups is 1. The van der Waals surface area contributed by atoms with Crippen LogP contribution >= 0.6 is 15.9 Å². The average Bonchev–Trinajstić information content (AvgIpc) is 2.88. The van der Waals surface area contributed by atoms with Crippen LogP contribution in [0, 0.1) is 0 Å². The number of carbonyl (C=O) groups is 3. The highest BCUT2D eigenvalue weighted by molar-refractivity contribution is 9.10. The number of rotatable bonds is 3. The van der Waals surface area contributed by atoms with Crippen LogP contribution in [0.5, 0.6) is 5.75 Å². The highest BCUT2D eigenvalue weighted by atomic mass is 79.9. The van der Waals surface area contributed by atoms with E-state index in [0.29, 0.717) is 17.0 Å². The van der Waals surface area contributed by atoms with E-state index in [0.717, 1.165) is 9.37 Å². The summed E-state index contributed by atoms with van der Waals surface area (Å²) in [7, 11) is 0. The van der Waals surface area contributed by atoms with Crippen molar-refractivity contribution in [3.05, 3.63) is 70.7 Å². The van der Waals surface area contributed by atoms with Crippen molar-refractivity contribution in [3.63, 3.8) is 0 Å². The number of hydrogen-bond donors (Lipinski definition) is 0. The van der Waals surface area contributed by atoms with E-state index in [1.165, 1.54) is 24.3 Å². The van der Waals surface area contributed by atoms with E-state index in [1.54, 1.807) is 36.4 Å². The molecule has 0 spiro atoms. The summed E-state index contributed by atoms with van der Waals surface area (Å²) in [5.74, 6) is -0.946. The predicted molar refractivity (Wildman–Crippen MR) is 87.2 cm³/mol. The molecule has 2 aromatic carbocycles. The number of esters is 1. The molecule has 1 aliphatic rings. The lowest BCUT2D eigenvalue weighted by Crippen LogP contribution is -2.29. The minimum atomic E-state index is -0.486. The standard InChI is InChI=1S/C17H10BrNO4/c18-12-3-1-11(2-4-12)17(22)23-14-7-5-13(6-8-14)19-15(20)9-10-16(19)21/h1-10H. The molecule has 2 aromatic rings. The van der Waals surface area contributed by atoms with Crippen LogP contribution in [0.2, 0.25) is 0 Å². The summed E-state index contributed by atoms with van der Waals surface area (Å²) in [6.07, 6.45) is 2.42. The summed E-state index contributed by atoms with van der Waals surface area (Å²) >= 11 is 3.29. The molecule has 114 valence electrons. The molecular weight excluding hydrogens is 362 g/mol. The van der Waals surface area contributed by atoms with Gasteiger partial charge in [-0.05, 0) is 48.5 Å². The summed E-state index contributed by atoms with van der Waals surface area (Å²) in [5.41, 5.74) is 0.847. The van der Waals surface area contributed by atoms with Gasteiger partial charge >= 0.3 is 5.97 Å². The summed E-state index contributed by atoms with van der Waals surface area (Å²) in [6.45, 7) is 0. The van der Waals surface area contributed by atoms with Gasteiger partial charge in [-0.15, -0.1) is 0 Å². The van der Waals surface area contributed by atoms with Gasteiger partial charge in [-0.3, -0.25) is 9.59 Å². The van der Waals surface area contributed by atoms with Crippen LogP contribution in [0.1, 0.15) is 10.4 Å². The van der Waals surface area contributed by atoms with Gasteiger partial charge in [-0.1, -0.05) is 15.9 Å². The Balaban J connectivity index is 1.73. The molecule has 2 amide bonds. The number of halogens is 1. The zero-order valence-electron chi connectivity index (χ0n) is 11.7. The number of anilines is 1. The second-order valence-corrected chi connectivity index (χ2v) is 5.65. The molecule has 5 nitrogen and oxygen atoms in total.